The summed E-state index contributed by atoms with van der Waals surface area (Å²) in [6.45, 7) is 39.6. The van der Waals surface area contributed by atoms with Crippen molar-refractivity contribution in [1.29, 1.82) is 0 Å². The largest absolute Gasteiger partial charge is 0.379 e. The smallest absolute Gasteiger partial charge is 0.222 e. The number of rotatable bonds is 53. The van der Waals surface area contributed by atoms with Gasteiger partial charge in [-0.1, -0.05) is 96.9 Å². The summed E-state index contributed by atoms with van der Waals surface area (Å²) in [4.78, 5) is 38.7. The zero-order valence-corrected chi connectivity index (χ0v) is 56.9. The standard InChI is InChI=1S/C67H126N2O18/c1-15-60-52(9)49(6)55(12)64(85-60)82-41-38-76-35-32-73-26-18-20-58(70)22-28-79-45-67(69-44-48(4)5,46-80-29-23-59(71)21-19-27-74-33-36-77-39-42-83-65-56(13)50(7)53(10)61(16-2)86-65)47-81-30-24-63(72)68-25-31-75-34-37-78-40-43-84-66-57(14)51(8)54(11)62(17-3)87-66/h48-57,60-62,64-66,69H,15-47H2,1-14H3,(H,68,72)/t49?,50?,51?,52-,53-,54-,55-,56-,57-,60?,61?,62?,64-,65-,66-,67?/m1/s1. The maximum atomic E-state index is 12.9. The molecule has 15 atom stereocenters. The van der Waals surface area contributed by atoms with E-state index in [4.69, 9.17) is 71.1 Å². The van der Waals surface area contributed by atoms with Crippen LogP contribution in [0.4, 0.5) is 0 Å². The van der Waals surface area contributed by atoms with Gasteiger partial charge in [0, 0.05) is 69.6 Å². The molecule has 3 fully saturated rings. The molecule has 0 aliphatic carbocycles. The molecule has 3 rings (SSSR count). The highest BCUT2D eigenvalue weighted by molar-refractivity contribution is 5.78. The molecule has 0 aromatic rings. The second-order valence-corrected chi connectivity index (χ2v) is 25.5. The summed E-state index contributed by atoms with van der Waals surface area (Å²) in [6.07, 6.45) is 5.51. The highest BCUT2D eigenvalue weighted by Crippen LogP contribution is 2.39. The first-order chi connectivity index (χ1) is 41.9. The predicted molar refractivity (Wildman–Crippen MR) is 335 cm³/mol. The fourth-order valence-electron chi connectivity index (χ4n) is 11.5. The van der Waals surface area contributed by atoms with Crippen LogP contribution in [-0.4, -0.2) is 212 Å². The van der Waals surface area contributed by atoms with Crippen LogP contribution in [0.15, 0.2) is 0 Å². The van der Waals surface area contributed by atoms with E-state index in [1.54, 1.807) is 0 Å². The monoisotopic (exact) mass is 1250 g/mol. The molecule has 0 aromatic heterocycles. The van der Waals surface area contributed by atoms with Crippen molar-refractivity contribution < 1.29 is 85.4 Å². The molecule has 3 saturated heterocycles. The topological polar surface area (TPSA) is 214 Å². The van der Waals surface area contributed by atoms with E-state index < -0.39 is 5.54 Å². The first kappa shape index (κ1) is 79.4. The van der Waals surface area contributed by atoms with E-state index in [0.29, 0.717) is 191 Å². The lowest BCUT2D eigenvalue weighted by Crippen LogP contribution is -2.57. The Morgan fingerprint density at radius 2 is 0.701 bits per heavy atom. The fourth-order valence-corrected chi connectivity index (χ4v) is 11.5. The summed E-state index contributed by atoms with van der Waals surface area (Å²) < 4.78 is 89.8. The van der Waals surface area contributed by atoms with Crippen molar-refractivity contribution in [3.63, 3.8) is 0 Å². The van der Waals surface area contributed by atoms with Crippen LogP contribution in [0.3, 0.4) is 0 Å². The second kappa shape index (κ2) is 47.1. The third-order valence-corrected chi connectivity index (χ3v) is 18.4. The lowest BCUT2D eigenvalue weighted by atomic mass is 9.78. The molecule has 20 heteroatoms. The molecule has 512 valence electrons. The van der Waals surface area contributed by atoms with Crippen LogP contribution in [0.1, 0.15) is 161 Å². The maximum Gasteiger partial charge on any atom is 0.222 e. The molecule has 1 amide bonds. The summed E-state index contributed by atoms with van der Waals surface area (Å²) in [6, 6.07) is 0. The van der Waals surface area contributed by atoms with Gasteiger partial charge in [-0.25, -0.2) is 0 Å². The summed E-state index contributed by atoms with van der Waals surface area (Å²) >= 11 is 0. The van der Waals surface area contributed by atoms with Gasteiger partial charge < -0.3 is 81.7 Å². The van der Waals surface area contributed by atoms with E-state index in [2.05, 4.69) is 108 Å². The minimum atomic E-state index is -0.814. The van der Waals surface area contributed by atoms with E-state index in [-0.39, 0.29) is 119 Å². The van der Waals surface area contributed by atoms with Crippen LogP contribution in [0.5, 0.6) is 0 Å². The number of ether oxygens (including phenoxy) is 15. The number of amides is 1. The molecule has 0 spiro atoms. The van der Waals surface area contributed by atoms with Gasteiger partial charge in [0.2, 0.25) is 5.91 Å². The van der Waals surface area contributed by atoms with Gasteiger partial charge in [-0.3, -0.25) is 14.4 Å². The van der Waals surface area contributed by atoms with Gasteiger partial charge in [-0.15, -0.1) is 0 Å². The van der Waals surface area contributed by atoms with Gasteiger partial charge in [-0.05, 0) is 80.1 Å². The van der Waals surface area contributed by atoms with E-state index in [0.717, 1.165) is 19.3 Å². The highest BCUT2D eigenvalue weighted by atomic mass is 16.7. The van der Waals surface area contributed by atoms with Crippen molar-refractivity contribution in [2.45, 2.75) is 204 Å². The normalized spacial score (nSPS) is 28.5. The molecule has 0 radical (unpaired) electrons. The lowest BCUT2D eigenvalue weighted by molar-refractivity contribution is -0.251. The van der Waals surface area contributed by atoms with Crippen molar-refractivity contribution in [1.82, 2.24) is 10.6 Å². The van der Waals surface area contributed by atoms with Gasteiger partial charge in [-0.2, -0.15) is 0 Å². The Hall–Kier alpha value is -1.83. The lowest BCUT2D eigenvalue weighted by Gasteiger charge is -2.43. The van der Waals surface area contributed by atoms with Crippen LogP contribution in [0.2, 0.25) is 0 Å². The van der Waals surface area contributed by atoms with Crippen molar-refractivity contribution >= 4 is 17.5 Å². The maximum absolute atomic E-state index is 12.9. The minimum Gasteiger partial charge on any atom is -0.379 e. The Morgan fingerprint density at radius 3 is 1.05 bits per heavy atom. The van der Waals surface area contributed by atoms with Gasteiger partial charge in [0.1, 0.15) is 11.6 Å². The quantitative estimate of drug-likeness (QED) is 0.0543. The van der Waals surface area contributed by atoms with Crippen LogP contribution in [-0.2, 0) is 85.4 Å². The molecule has 0 bridgehead atoms. The zero-order chi connectivity index (χ0) is 63.8. The third kappa shape index (κ3) is 32.0. The van der Waals surface area contributed by atoms with Gasteiger partial charge in [0.05, 0.1) is 149 Å². The molecule has 20 nitrogen and oxygen atoms in total. The van der Waals surface area contributed by atoms with Crippen molar-refractivity contribution in [2.24, 2.45) is 59.2 Å². The molecular weight excluding hydrogens is 1120 g/mol. The number of Topliss-reactive ketones (excluding diaryl/α,β-unsaturated/α-hetero) is 2. The average molecular weight is 1250 g/mol. The number of carbonyl (C=O) groups excluding carboxylic acids is 3. The second-order valence-electron chi connectivity index (χ2n) is 25.5. The van der Waals surface area contributed by atoms with Gasteiger partial charge in [0.25, 0.3) is 0 Å². The van der Waals surface area contributed by atoms with E-state index in [9.17, 15) is 14.4 Å². The molecule has 0 saturated carbocycles. The SMILES string of the molecule is CCC1O[C@@H](OCCOCCOCCCC(=O)CCOCC(COCCC(=O)CCCOCCOCCO[C@@H]2OC(CC)[C@H](C)C(C)[C@H]2C)(COCCC(=O)NCCOCCOCCO[C@@H]2OC(CC)[C@H](C)C(C)[C@H]2C)NCC(C)C)[C@H](C)C(C)[C@H]1C. The molecule has 3 heterocycles. The molecule has 0 aromatic carbocycles. The molecule has 3 aliphatic heterocycles. The van der Waals surface area contributed by atoms with Crippen LogP contribution >= 0.6 is 0 Å². The van der Waals surface area contributed by atoms with Gasteiger partial charge in [0.15, 0.2) is 18.9 Å². The Morgan fingerprint density at radius 1 is 0.379 bits per heavy atom. The highest BCUT2D eigenvalue weighted by Gasteiger charge is 2.41. The van der Waals surface area contributed by atoms with Crippen LogP contribution < -0.4 is 10.6 Å². The van der Waals surface area contributed by atoms with E-state index in [1.165, 1.54) is 0 Å². The molecule has 87 heavy (non-hydrogen) atoms. The van der Waals surface area contributed by atoms with Crippen LogP contribution in [0, 0.1) is 59.2 Å². The number of hydrogen-bond donors (Lipinski definition) is 2. The number of carbonyl (C=O) groups is 3. The van der Waals surface area contributed by atoms with Crippen LogP contribution in [0.25, 0.3) is 0 Å². The predicted octanol–water partition coefficient (Wildman–Crippen LogP) is 9.28. The molecule has 3 aliphatic rings. The summed E-state index contributed by atoms with van der Waals surface area (Å²) in [5.74, 6) is 4.35. The number of nitrogens with one attached hydrogen (secondary N) is 2. The Labute approximate surface area is 526 Å². The summed E-state index contributed by atoms with van der Waals surface area (Å²) in [5.41, 5.74) is -0.814. The van der Waals surface area contributed by atoms with Crippen molar-refractivity contribution in [3.8, 4) is 0 Å². The Bertz CT molecular complexity index is 1560. The number of hydrogen-bond acceptors (Lipinski definition) is 19. The van der Waals surface area contributed by atoms with E-state index >= 15 is 0 Å². The zero-order valence-electron chi connectivity index (χ0n) is 56.9. The van der Waals surface area contributed by atoms with Gasteiger partial charge >= 0.3 is 0 Å². The molecular formula is C67H126N2O18. The average Bonchev–Trinajstić information content (AvgIpc) is 2.48. The summed E-state index contributed by atoms with van der Waals surface area (Å²) in [5, 5.41) is 6.51. The van der Waals surface area contributed by atoms with Crippen molar-refractivity contribution in [2.75, 3.05) is 152 Å². The first-order valence-electron chi connectivity index (χ1n) is 33.9. The van der Waals surface area contributed by atoms with Crippen molar-refractivity contribution in [3.05, 3.63) is 0 Å². The number of ketones is 2. The molecule has 2 N–H and O–H groups in total. The fraction of sp³-hybridized carbons (Fsp3) is 0.955. The molecule has 6 unspecified atom stereocenters. The minimum absolute atomic E-state index is 0.0844. The summed E-state index contributed by atoms with van der Waals surface area (Å²) in [7, 11) is 0. The first-order valence-corrected chi connectivity index (χ1v) is 33.9. The Balaban J connectivity index is 1.35. The third-order valence-electron chi connectivity index (χ3n) is 18.4. The Kier molecular flexibility index (Phi) is 43.0. The van der Waals surface area contributed by atoms with E-state index in [1.807, 2.05) is 0 Å².